The number of ether oxygens (including phenoxy) is 1. The smallest absolute Gasteiger partial charge is 0.348 e. The van der Waals surface area contributed by atoms with Crippen molar-refractivity contribution in [2.45, 2.75) is 6.92 Å². The fourth-order valence-corrected chi connectivity index (χ4v) is 2.23. The number of nitriles is 1. The van der Waals surface area contributed by atoms with Crippen molar-refractivity contribution < 1.29 is 14.3 Å². The molecule has 0 fully saturated rings. The van der Waals surface area contributed by atoms with E-state index in [1.165, 1.54) is 12.2 Å². The molecule has 136 valence electrons. The number of amides is 1. The maximum atomic E-state index is 12.0. The number of hydrogen-bond donors (Lipinski definition) is 1. The Morgan fingerprint density at radius 2 is 1.74 bits per heavy atom. The summed E-state index contributed by atoms with van der Waals surface area (Å²) in [6.07, 6.45) is 4.54. The average Bonchev–Trinajstić information content (AvgIpc) is 2.67. The lowest BCUT2D eigenvalue weighted by Gasteiger charge is -2.03. The summed E-state index contributed by atoms with van der Waals surface area (Å²) in [5.74, 6) is -0.942. The summed E-state index contributed by atoms with van der Waals surface area (Å²) in [4.78, 5) is 23.6. The highest BCUT2D eigenvalue weighted by Gasteiger charge is 2.09. The lowest BCUT2D eigenvalue weighted by atomic mass is 10.1. The molecule has 2 aromatic rings. The van der Waals surface area contributed by atoms with Crippen LogP contribution in [0.4, 0.5) is 5.69 Å². The van der Waals surface area contributed by atoms with Crippen molar-refractivity contribution in [1.82, 2.24) is 0 Å². The molecule has 27 heavy (non-hydrogen) atoms. The van der Waals surface area contributed by atoms with Crippen molar-refractivity contribution in [3.05, 3.63) is 76.3 Å². The summed E-state index contributed by atoms with van der Waals surface area (Å²) >= 11 is 5.82. The van der Waals surface area contributed by atoms with E-state index >= 15 is 0 Å². The Kier molecular flexibility index (Phi) is 7.36. The maximum absolute atomic E-state index is 12.0. The number of carbonyl (C=O) groups is 2. The number of carbonyl (C=O) groups excluding carboxylic acids is 2. The van der Waals surface area contributed by atoms with Gasteiger partial charge >= 0.3 is 5.97 Å². The van der Waals surface area contributed by atoms with Crippen LogP contribution >= 0.6 is 11.6 Å². The van der Waals surface area contributed by atoms with Crippen LogP contribution in [0.5, 0.6) is 0 Å². The SMILES string of the molecule is CCOC(=O)C(C#N)=Cc1ccc(NC(=O)C=Cc2ccc(Cl)cc2)cc1. The van der Waals surface area contributed by atoms with E-state index < -0.39 is 5.97 Å². The molecule has 0 saturated heterocycles. The molecule has 0 aliphatic heterocycles. The Hall–Kier alpha value is -3.36. The Bertz CT molecular complexity index is 908. The quantitative estimate of drug-likeness (QED) is 0.455. The molecule has 2 rings (SSSR count). The van der Waals surface area contributed by atoms with Crippen LogP contribution in [0, 0.1) is 11.3 Å². The third kappa shape index (κ3) is 6.46. The zero-order valence-electron chi connectivity index (χ0n) is 14.6. The van der Waals surface area contributed by atoms with Gasteiger partial charge in [-0.05, 0) is 54.5 Å². The molecule has 0 bridgehead atoms. The molecule has 0 saturated carbocycles. The first-order chi connectivity index (χ1) is 13.0. The second kappa shape index (κ2) is 9.95. The average molecular weight is 381 g/mol. The van der Waals surface area contributed by atoms with Crippen molar-refractivity contribution >= 4 is 41.3 Å². The summed E-state index contributed by atoms with van der Waals surface area (Å²) in [6, 6.07) is 15.7. The Labute approximate surface area is 162 Å². The minimum absolute atomic E-state index is 0.0838. The number of anilines is 1. The van der Waals surface area contributed by atoms with Crippen molar-refractivity contribution in [1.29, 1.82) is 5.26 Å². The second-order valence-corrected chi connectivity index (χ2v) is 5.82. The highest BCUT2D eigenvalue weighted by atomic mass is 35.5. The van der Waals surface area contributed by atoms with E-state index in [0.29, 0.717) is 16.3 Å². The lowest BCUT2D eigenvalue weighted by Crippen LogP contribution is -2.07. The van der Waals surface area contributed by atoms with Gasteiger partial charge in [0.1, 0.15) is 11.6 Å². The monoisotopic (exact) mass is 380 g/mol. The molecule has 2 aromatic carbocycles. The zero-order chi connectivity index (χ0) is 19.6. The normalized spacial score (nSPS) is 11.1. The molecule has 0 spiro atoms. The van der Waals surface area contributed by atoms with E-state index in [4.69, 9.17) is 21.6 Å². The highest BCUT2D eigenvalue weighted by Crippen LogP contribution is 2.14. The fraction of sp³-hybridized carbons (Fsp3) is 0.0952. The lowest BCUT2D eigenvalue weighted by molar-refractivity contribution is -0.137. The Morgan fingerprint density at radius 1 is 1.11 bits per heavy atom. The second-order valence-electron chi connectivity index (χ2n) is 5.39. The van der Waals surface area contributed by atoms with Gasteiger partial charge in [-0.15, -0.1) is 0 Å². The van der Waals surface area contributed by atoms with Crippen molar-refractivity contribution in [3.63, 3.8) is 0 Å². The van der Waals surface area contributed by atoms with Crippen LogP contribution in [-0.4, -0.2) is 18.5 Å². The Balaban J connectivity index is 2.00. The number of esters is 1. The number of benzene rings is 2. The summed E-state index contributed by atoms with van der Waals surface area (Å²) in [7, 11) is 0. The van der Waals surface area contributed by atoms with E-state index in [0.717, 1.165) is 5.56 Å². The van der Waals surface area contributed by atoms with E-state index in [9.17, 15) is 9.59 Å². The van der Waals surface area contributed by atoms with Gasteiger partial charge in [0.05, 0.1) is 6.61 Å². The molecule has 0 aliphatic carbocycles. The molecule has 0 aromatic heterocycles. The van der Waals surface area contributed by atoms with Crippen LogP contribution in [0.15, 0.2) is 60.2 Å². The molecule has 0 heterocycles. The number of hydrogen-bond acceptors (Lipinski definition) is 4. The van der Waals surface area contributed by atoms with Gasteiger partial charge in [-0.2, -0.15) is 5.26 Å². The van der Waals surface area contributed by atoms with Crippen molar-refractivity contribution in [2.24, 2.45) is 0 Å². The Morgan fingerprint density at radius 3 is 2.33 bits per heavy atom. The summed E-state index contributed by atoms with van der Waals surface area (Å²) < 4.78 is 4.81. The van der Waals surface area contributed by atoms with Crippen LogP contribution in [-0.2, 0) is 14.3 Å². The molecule has 0 atom stereocenters. The third-order valence-electron chi connectivity index (χ3n) is 3.40. The maximum Gasteiger partial charge on any atom is 0.348 e. The van der Waals surface area contributed by atoms with E-state index in [1.54, 1.807) is 49.4 Å². The topological polar surface area (TPSA) is 79.2 Å². The van der Waals surface area contributed by atoms with E-state index in [2.05, 4.69) is 5.32 Å². The molecule has 6 heteroatoms. The van der Waals surface area contributed by atoms with Gasteiger partial charge in [-0.25, -0.2) is 4.79 Å². The minimum atomic E-state index is -0.662. The molecule has 0 radical (unpaired) electrons. The molecule has 1 N–H and O–H groups in total. The fourth-order valence-electron chi connectivity index (χ4n) is 2.10. The molecule has 0 unspecified atom stereocenters. The first-order valence-corrected chi connectivity index (χ1v) is 8.53. The van der Waals surface area contributed by atoms with Gasteiger partial charge in [0.15, 0.2) is 0 Å². The first-order valence-electron chi connectivity index (χ1n) is 8.15. The predicted molar refractivity (Wildman–Crippen MR) is 106 cm³/mol. The number of nitrogens with zero attached hydrogens (tertiary/aromatic N) is 1. The van der Waals surface area contributed by atoms with Crippen molar-refractivity contribution in [3.8, 4) is 6.07 Å². The van der Waals surface area contributed by atoms with Gasteiger partial charge in [-0.1, -0.05) is 35.9 Å². The number of rotatable bonds is 6. The predicted octanol–water partition coefficient (Wildman–Crippen LogP) is 4.46. The van der Waals surface area contributed by atoms with Gasteiger partial charge in [-0.3, -0.25) is 4.79 Å². The standard InChI is InChI=1S/C21H17ClN2O3/c1-2-27-21(26)17(14-23)13-16-5-10-19(11-6-16)24-20(25)12-7-15-3-8-18(22)9-4-15/h3-13H,2H2,1H3,(H,24,25). The van der Waals surface area contributed by atoms with Crippen LogP contribution in [0.25, 0.3) is 12.2 Å². The molecular weight excluding hydrogens is 364 g/mol. The summed E-state index contributed by atoms with van der Waals surface area (Å²) in [5, 5.41) is 12.4. The highest BCUT2D eigenvalue weighted by molar-refractivity contribution is 6.30. The molecule has 1 amide bonds. The minimum Gasteiger partial charge on any atom is -0.462 e. The van der Waals surface area contributed by atoms with Gasteiger partial charge in [0.25, 0.3) is 0 Å². The molecular formula is C21H17ClN2O3. The van der Waals surface area contributed by atoms with Crippen LogP contribution < -0.4 is 5.32 Å². The van der Waals surface area contributed by atoms with Gasteiger partial charge in [0.2, 0.25) is 5.91 Å². The van der Waals surface area contributed by atoms with Crippen LogP contribution in [0.2, 0.25) is 5.02 Å². The van der Waals surface area contributed by atoms with E-state index in [1.807, 2.05) is 18.2 Å². The largest absolute Gasteiger partial charge is 0.462 e. The molecule has 5 nitrogen and oxygen atoms in total. The van der Waals surface area contributed by atoms with E-state index in [-0.39, 0.29) is 18.1 Å². The van der Waals surface area contributed by atoms with Crippen LogP contribution in [0.1, 0.15) is 18.1 Å². The van der Waals surface area contributed by atoms with Gasteiger partial charge in [0, 0.05) is 16.8 Å². The number of nitrogens with one attached hydrogen (secondary N) is 1. The van der Waals surface area contributed by atoms with Crippen LogP contribution in [0.3, 0.4) is 0 Å². The third-order valence-corrected chi connectivity index (χ3v) is 3.65. The van der Waals surface area contributed by atoms with Gasteiger partial charge < -0.3 is 10.1 Å². The van der Waals surface area contributed by atoms with Crippen molar-refractivity contribution in [2.75, 3.05) is 11.9 Å². The molecule has 0 aliphatic rings. The zero-order valence-corrected chi connectivity index (χ0v) is 15.4. The summed E-state index contributed by atoms with van der Waals surface area (Å²) in [5.41, 5.74) is 2.01. The first kappa shape index (κ1) is 20.0. The summed E-state index contributed by atoms with van der Waals surface area (Å²) in [6.45, 7) is 1.87. The number of halogens is 1.